The molecule has 2 aliphatic carbocycles. The summed E-state index contributed by atoms with van der Waals surface area (Å²) in [5.74, 6) is 2.29. The van der Waals surface area contributed by atoms with Crippen molar-refractivity contribution in [2.75, 3.05) is 6.54 Å². The van der Waals surface area contributed by atoms with Crippen molar-refractivity contribution in [1.29, 1.82) is 0 Å². The second-order valence-corrected chi connectivity index (χ2v) is 6.66. The molecular formula is C16H30N2O. The van der Waals surface area contributed by atoms with E-state index in [9.17, 15) is 4.79 Å². The number of nitrogens with one attached hydrogen (secondary N) is 1. The van der Waals surface area contributed by atoms with E-state index < -0.39 is 0 Å². The molecule has 2 rings (SSSR count). The summed E-state index contributed by atoms with van der Waals surface area (Å²) >= 11 is 0. The zero-order valence-corrected chi connectivity index (χ0v) is 12.4. The molecular weight excluding hydrogens is 236 g/mol. The second kappa shape index (κ2) is 7.28. The van der Waals surface area contributed by atoms with Crippen LogP contribution in [-0.4, -0.2) is 18.5 Å². The summed E-state index contributed by atoms with van der Waals surface area (Å²) in [6, 6.07) is 0.255. The number of hydrogen-bond acceptors (Lipinski definition) is 2. The average molecular weight is 266 g/mol. The van der Waals surface area contributed by atoms with Gasteiger partial charge in [-0.15, -0.1) is 0 Å². The fourth-order valence-electron chi connectivity index (χ4n) is 3.73. The van der Waals surface area contributed by atoms with E-state index in [1.54, 1.807) is 0 Å². The lowest BCUT2D eigenvalue weighted by molar-refractivity contribution is -0.122. The molecule has 2 saturated carbocycles. The first-order chi connectivity index (χ1) is 9.19. The van der Waals surface area contributed by atoms with Gasteiger partial charge in [0.05, 0.1) is 0 Å². The maximum absolute atomic E-state index is 11.9. The molecule has 110 valence electrons. The van der Waals surface area contributed by atoms with Crippen LogP contribution in [0.1, 0.15) is 64.7 Å². The quantitative estimate of drug-likeness (QED) is 0.804. The van der Waals surface area contributed by atoms with E-state index in [4.69, 9.17) is 5.73 Å². The third-order valence-corrected chi connectivity index (χ3v) is 5.30. The highest BCUT2D eigenvalue weighted by atomic mass is 16.1. The Bertz CT molecular complexity index is 284. The number of carbonyl (C=O) groups is 1. The highest BCUT2D eigenvalue weighted by Crippen LogP contribution is 2.30. The van der Waals surface area contributed by atoms with Crippen molar-refractivity contribution in [3.05, 3.63) is 0 Å². The summed E-state index contributed by atoms with van der Waals surface area (Å²) in [6.07, 6.45) is 10.7. The minimum absolute atomic E-state index is 0.222. The maximum Gasteiger partial charge on any atom is 0.220 e. The van der Waals surface area contributed by atoms with Gasteiger partial charge in [-0.1, -0.05) is 32.6 Å². The molecule has 19 heavy (non-hydrogen) atoms. The monoisotopic (exact) mass is 266 g/mol. The molecule has 0 aliphatic heterocycles. The zero-order valence-electron chi connectivity index (χ0n) is 12.4. The normalized spacial score (nSPS) is 35.3. The van der Waals surface area contributed by atoms with Gasteiger partial charge in [-0.2, -0.15) is 0 Å². The minimum atomic E-state index is 0.222. The summed E-state index contributed by atoms with van der Waals surface area (Å²) in [7, 11) is 0. The fourth-order valence-corrected chi connectivity index (χ4v) is 3.73. The Balaban J connectivity index is 1.61. The molecule has 1 amide bonds. The molecule has 0 saturated heterocycles. The van der Waals surface area contributed by atoms with Gasteiger partial charge in [-0.3, -0.25) is 4.79 Å². The maximum atomic E-state index is 11.9. The second-order valence-electron chi connectivity index (χ2n) is 6.66. The summed E-state index contributed by atoms with van der Waals surface area (Å²) in [5, 5.41) is 3.14. The lowest BCUT2D eigenvalue weighted by atomic mass is 9.81. The molecule has 2 aliphatic rings. The lowest BCUT2D eigenvalue weighted by Crippen LogP contribution is -2.34. The first-order valence-corrected chi connectivity index (χ1v) is 8.21. The number of rotatable bonds is 5. The molecule has 2 atom stereocenters. The number of carbonyl (C=O) groups excluding carboxylic acids is 1. The van der Waals surface area contributed by atoms with Gasteiger partial charge in [-0.05, 0) is 43.4 Å². The average Bonchev–Trinajstić information content (AvgIpc) is 2.82. The molecule has 0 aromatic rings. The molecule has 3 heteroatoms. The van der Waals surface area contributed by atoms with Crippen LogP contribution in [0.15, 0.2) is 0 Å². The van der Waals surface area contributed by atoms with Crippen molar-refractivity contribution in [2.45, 2.75) is 70.8 Å². The van der Waals surface area contributed by atoms with E-state index >= 15 is 0 Å². The van der Waals surface area contributed by atoms with Gasteiger partial charge in [0.15, 0.2) is 0 Å². The van der Waals surface area contributed by atoms with Crippen LogP contribution in [0, 0.1) is 17.8 Å². The summed E-state index contributed by atoms with van der Waals surface area (Å²) in [5.41, 5.74) is 6.02. The highest BCUT2D eigenvalue weighted by molar-refractivity contribution is 5.76. The molecule has 0 radical (unpaired) electrons. The smallest absolute Gasteiger partial charge is 0.220 e. The zero-order chi connectivity index (χ0) is 13.7. The molecule has 0 spiro atoms. The van der Waals surface area contributed by atoms with Crippen LogP contribution in [0.2, 0.25) is 0 Å². The Morgan fingerprint density at radius 3 is 2.37 bits per heavy atom. The van der Waals surface area contributed by atoms with E-state index in [1.165, 1.54) is 38.5 Å². The summed E-state index contributed by atoms with van der Waals surface area (Å²) in [6.45, 7) is 3.18. The predicted molar refractivity (Wildman–Crippen MR) is 78.7 cm³/mol. The predicted octanol–water partition coefficient (Wildman–Crippen LogP) is 2.84. The largest absolute Gasteiger partial charge is 0.356 e. The van der Waals surface area contributed by atoms with Gasteiger partial charge >= 0.3 is 0 Å². The Hall–Kier alpha value is -0.570. The Kier molecular flexibility index (Phi) is 5.68. The van der Waals surface area contributed by atoms with Crippen molar-refractivity contribution >= 4 is 5.91 Å². The topological polar surface area (TPSA) is 55.1 Å². The molecule has 0 aromatic heterocycles. The van der Waals surface area contributed by atoms with Gasteiger partial charge in [0.25, 0.3) is 0 Å². The van der Waals surface area contributed by atoms with Crippen LogP contribution in [0.5, 0.6) is 0 Å². The van der Waals surface area contributed by atoms with E-state index in [0.717, 1.165) is 25.3 Å². The number of nitrogens with two attached hydrogens (primary N) is 1. The Morgan fingerprint density at radius 2 is 1.79 bits per heavy atom. The van der Waals surface area contributed by atoms with Crippen molar-refractivity contribution in [3.8, 4) is 0 Å². The molecule has 3 N–H and O–H groups in total. The molecule has 2 fully saturated rings. The first-order valence-electron chi connectivity index (χ1n) is 8.21. The van der Waals surface area contributed by atoms with Crippen molar-refractivity contribution < 1.29 is 4.79 Å². The van der Waals surface area contributed by atoms with Crippen LogP contribution < -0.4 is 11.1 Å². The van der Waals surface area contributed by atoms with E-state index in [0.29, 0.717) is 18.3 Å². The lowest BCUT2D eigenvalue weighted by Gasteiger charge is -2.28. The molecule has 0 unspecified atom stereocenters. The van der Waals surface area contributed by atoms with Crippen LogP contribution >= 0.6 is 0 Å². The van der Waals surface area contributed by atoms with Gasteiger partial charge in [-0.25, -0.2) is 0 Å². The van der Waals surface area contributed by atoms with E-state index in [2.05, 4.69) is 12.2 Å². The third-order valence-electron chi connectivity index (χ3n) is 5.30. The van der Waals surface area contributed by atoms with Crippen molar-refractivity contribution in [1.82, 2.24) is 5.32 Å². The van der Waals surface area contributed by atoms with Gasteiger partial charge in [0, 0.05) is 19.0 Å². The molecule has 0 aromatic carbocycles. The van der Waals surface area contributed by atoms with Crippen molar-refractivity contribution in [3.63, 3.8) is 0 Å². The molecule has 0 heterocycles. The van der Waals surface area contributed by atoms with Crippen LogP contribution in [0.4, 0.5) is 0 Å². The standard InChI is InChI=1S/C16H30N2O/c1-2-12-6-8-13(9-7-12)11-18-16(19)10-14-4-3-5-15(14)17/h12-15H,2-11,17H2,1H3,(H,18,19)/t12?,13?,14-,15+/m0/s1. The van der Waals surface area contributed by atoms with E-state index in [-0.39, 0.29) is 11.9 Å². The van der Waals surface area contributed by atoms with Crippen LogP contribution in [0.3, 0.4) is 0 Å². The molecule has 3 nitrogen and oxygen atoms in total. The van der Waals surface area contributed by atoms with Gasteiger partial charge < -0.3 is 11.1 Å². The molecule has 0 bridgehead atoms. The number of amides is 1. The van der Waals surface area contributed by atoms with Gasteiger partial charge in [0.2, 0.25) is 5.91 Å². The van der Waals surface area contributed by atoms with E-state index in [1.807, 2.05) is 0 Å². The summed E-state index contributed by atoms with van der Waals surface area (Å²) in [4.78, 5) is 11.9. The van der Waals surface area contributed by atoms with Crippen LogP contribution in [-0.2, 0) is 4.79 Å². The van der Waals surface area contributed by atoms with Crippen LogP contribution in [0.25, 0.3) is 0 Å². The SMILES string of the molecule is CCC1CCC(CNC(=O)C[C@@H]2CCC[C@H]2N)CC1. The third kappa shape index (κ3) is 4.48. The highest BCUT2D eigenvalue weighted by Gasteiger charge is 2.26. The minimum Gasteiger partial charge on any atom is -0.356 e. The Labute approximate surface area is 117 Å². The Morgan fingerprint density at radius 1 is 1.11 bits per heavy atom. The number of hydrogen-bond donors (Lipinski definition) is 2. The summed E-state index contributed by atoms with van der Waals surface area (Å²) < 4.78 is 0. The van der Waals surface area contributed by atoms with Gasteiger partial charge in [0.1, 0.15) is 0 Å². The van der Waals surface area contributed by atoms with Crippen molar-refractivity contribution in [2.24, 2.45) is 23.5 Å². The first kappa shape index (κ1) is 14.8. The fraction of sp³-hybridized carbons (Fsp3) is 0.938.